The Morgan fingerprint density at radius 3 is 1.97 bits per heavy atom. The zero-order chi connectivity index (χ0) is 25.0. The fraction of sp³-hybridized carbons (Fsp3) is 0.444. The van der Waals surface area contributed by atoms with Crippen LogP contribution in [0, 0.1) is 11.8 Å². The molecule has 6 rings (SSSR count). The quantitative estimate of drug-likeness (QED) is 0.596. The molecule has 8 nitrogen and oxygen atoms in total. The molecule has 8 heteroatoms. The number of rotatable bonds is 5. The maximum Gasteiger partial charge on any atom is 0.408 e. The van der Waals surface area contributed by atoms with E-state index in [9.17, 15) is 19.5 Å². The van der Waals surface area contributed by atoms with Crippen molar-refractivity contribution in [2.75, 3.05) is 26.2 Å². The third-order valence-electron chi connectivity index (χ3n) is 7.65. The number of amides is 1. The molecule has 2 bridgehead atoms. The van der Waals surface area contributed by atoms with Crippen molar-refractivity contribution in [2.24, 2.45) is 11.8 Å². The molecule has 0 radical (unpaired) electrons. The lowest BCUT2D eigenvalue weighted by atomic mass is 9.60. The van der Waals surface area contributed by atoms with E-state index in [4.69, 9.17) is 10.2 Å². The normalized spacial score (nSPS) is 26.7. The molecule has 0 aliphatic carbocycles. The van der Waals surface area contributed by atoms with Gasteiger partial charge in [-0.2, -0.15) is 0 Å². The summed E-state index contributed by atoms with van der Waals surface area (Å²) in [5.74, 6) is -1.29. The number of carboxylic acids is 2. The molecule has 4 heterocycles. The zero-order valence-electron chi connectivity index (χ0n) is 19.7. The number of aliphatic carboxylic acids is 2. The van der Waals surface area contributed by atoms with Crippen molar-refractivity contribution in [1.82, 2.24) is 9.80 Å². The second kappa shape index (κ2) is 10.5. The zero-order valence-corrected chi connectivity index (χ0v) is 19.7. The van der Waals surface area contributed by atoms with Gasteiger partial charge in [0, 0.05) is 19.0 Å². The molecular formula is C27H32N2O6. The largest absolute Gasteiger partial charge is 0.481 e. The summed E-state index contributed by atoms with van der Waals surface area (Å²) in [6, 6.07) is 18.9. The van der Waals surface area contributed by atoms with Crippen LogP contribution in [-0.4, -0.2) is 69.3 Å². The highest BCUT2D eigenvalue weighted by molar-refractivity contribution is 5.75. The van der Waals surface area contributed by atoms with Crippen molar-refractivity contribution in [3.8, 4) is 0 Å². The van der Waals surface area contributed by atoms with Crippen LogP contribution in [0.4, 0.5) is 4.79 Å². The van der Waals surface area contributed by atoms with Gasteiger partial charge >= 0.3 is 18.0 Å². The molecule has 4 aliphatic rings. The van der Waals surface area contributed by atoms with Gasteiger partial charge in [0.15, 0.2) is 0 Å². The van der Waals surface area contributed by atoms with Gasteiger partial charge in [0.25, 0.3) is 0 Å². The molecule has 4 aliphatic heterocycles. The van der Waals surface area contributed by atoms with Crippen molar-refractivity contribution >= 4 is 18.0 Å². The maximum atomic E-state index is 12.5. The molecule has 2 aromatic carbocycles. The van der Waals surface area contributed by atoms with Gasteiger partial charge < -0.3 is 20.2 Å². The number of carbonyl (C=O) groups is 3. The van der Waals surface area contributed by atoms with Crippen LogP contribution in [0.25, 0.3) is 0 Å². The van der Waals surface area contributed by atoms with E-state index >= 15 is 0 Å². The summed E-state index contributed by atoms with van der Waals surface area (Å²) in [6.45, 7) is 3.85. The van der Waals surface area contributed by atoms with Gasteiger partial charge in [-0.1, -0.05) is 54.6 Å². The molecule has 1 amide bonds. The standard InChI is InChI=1S/C23H26N2O2.C4H6O4/c26-22(27)25-15-12-17-6-4-5-9-20(17)23(25,19-7-2-1-3-8-19)21-16-24-13-10-18(21)11-14-24;5-3(6)1-2-4(7)8/h1-9,18,21H,10-16H2,(H,26,27);1-2H2,(H,5,6)(H,7,8). The van der Waals surface area contributed by atoms with E-state index < -0.39 is 23.6 Å². The number of fused-ring (bicyclic) bond motifs is 4. The highest BCUT2D eigenvalue weighted by atomic mass is 16.4. The van der Waals surface area contributed by atoms with Crippen molar-refractivity contribution in [3.05, 3.63) is 71.3 Å². The first-order chi connectivity index (χ1) is 16.8. The Balaban J connectivity index is 0.000000314. The van der Waals surface area contributed by atoms with Crippen LogP contribution in [0.3, 0.4) is 0 Å². The van der Waals surface area contributed by atoms with E-state index in [0.717, 1.165) is 31.6 Å². The predicted octanol–water partition coefficient (Wildman–Crippen LogP) is 3.74. The Morgan fingerprint density at radius 2 is 1.43 bits per heavy atom. The summed E-state index contributed by atoms with van der Waals surface area (Å²) < 4.78 is 0. The molecule has 0 aromatic heterocycles. The fourth-order valence-corrected chi connectivity index (χ4v) is 6.18. The third kappa shape index (κ3) is 4.89. The number of piperidine rings is 3. The highest BCUT2D eigenvalue weighted by Gasteiger charge is 2.56. The van der Waals surface area contributed by atoms with E-state index in [-0.39, 0.29) is 12.8 Å². The Kier molecular flexibility index (Phi) is 7.40. The van der Waals surface area contributed by atoms with E-state index in [1.165, 1.54) is 24.0 Å². The molecular weight excluding hydrogens is 448 g/mol. The van der Waals surface area contributed by atoms with Crippen molar-refractivity contribution in [3.63, 3.8) is 0 Å². The van der Waals surface area contributed by atoms with Crippen LogP contribution in [0.15, 0.2) is 54.6 Å². The van der Waals surface area contributed by atoms with Gasteiger partial charge in [0.2, 0.25) is 0 Å². The minimum atomic E-state index is -1.08. The summed E-state index contributed by atoms with van der Waals surface area (Å²) in [7, 11) is 0. The summed E-state index contributed by atoms with van der Waals surface area (Å²) in [5, 5.41) is 26.1. The van der Waals surface area contributed by atoms with Crippen molar-refractivity contribution in [2.45, 2.75) is 37.6 Å². The van der Waals surface area contributed by atoms with Gasteiger partial charge in [-0.25, -0.2) is 4.79 Å². The Bertz CT molecular complexity index is 1050. The second-order valence-corrected chi connectivity index (χ2v) is 9.51. The van der Waals surface area contributed by atoms with Crippen LogP contribution < -0.4 is 0 Å². The summed E-state index contributed by atoms with van der Waals surface area (Å²) >= 11 is 0. The van der Waals surface area contributed by atoms with Gasteiger partial charge in [0.05, 0.1) is 12.8 Å². The highest BCUT2D eigenvalue weighted by Crippen LogP contribution is 2.52. The fourth-order valence-electron chi connectivity index (χ4n) is 6.18. The lowest BCUT2D eigenvalue weighted by molar-refractivity contribution is -0.143. The van der Waals surface area contributed by atoms with E-state index in [0.29, 0.717) is 18.4 Å². The summed E-state index contributed by atoms with van der Waals surface area (Å²) in [6.07, 6.45) is 1.75. The first-order valence-corrected chi connectivity index (χ1v) is 12.1. The van der Waals surface area contributed by atoms with Crippen LogP contribution in [0.1, 0.15) is 42.4 Å². The monoisotopic (exact) mass is 480 g/mol. The first kappa shape index (κ1) is 24.7. The lowest BCUT2D eigenvalue weighted by Crippen LogP contribution is -2.64. The minimum absolute atomic E-state index is 0.292. The number of benzene rings is 2. The third-order valence-corrected chi connectivity index (χ3v) is 7.65. The summed E-state index contributed by atoms with van der Waals surface area (Å²) in [4.78, 5) is 36.1. The molecule has 0 spiro atoms. The molecule has 2 unspecified atom stereocenters. The predicted molar refractivity (Wildman–Crippen MR) is 129 cm³/mol. The number of hydrogen-bond donors (Lipinski definition) is 3. The number of hydrogen-bond acceptors (Lipinski definition) is 4. The average Bonchev–Trinajstić information content (AvgIpc) is 2.88. The lowest BCUT2D eigenvalue weighted by Gasteiger charge is -2.58. The number of nitrogens with zero attached hydrogens (tertiary/aromatic N) is 2. The van der Waals surface area contributed by atoms with Crippen LogP contribution in [0.2, 0.25) is 0 Å². The van der Waals surface area contributed by atoms with Crippen molar-refractivity contribution < 1.29 is 29.7 Å². The second-order valence-electron chi connectivity index (χ2n) is 9.51. The Labute approximate surface area is 204 Å². The first-order valence-electron chi connectivity index (χ1n) is 12.1. The van der Waals surface area contributed by atoms with E-state index in [1.807, 2.05) is 6.07 Å². The Morgan fingerprint density at radius 1 is 0.829 bits per heavy atom. The molecule has 2 atom stereocenters. The Hall–Kier alpha value is -3.39. The van der Waals surface area contributed by atoms with Crippen molar-refractivity contribution in [1.29, 1.82) is 0 Å². The SMILES string of the molecule is O=C(O)CCC(=O)O.O=C(O)N1CCc2ccccc2C1(c1ccccc1)C1CN2CCC1CC2. The van der Waals surface area contributed by atoms with Crippen LogP contribution in [-0.2, 0) is 21.5 Å². The maximum absolute atomic E-state index is 12.5. The van der Waals surface area contributed by atoms with E-state index in [1.54, 1.807) is 4.90 Å². The minimum Gasteiger partial charge on any atom is -0.481 e. The van der Waals surface area contributed by atoms with E-state index in [2.05, 4.69) is 53.4 Å². The number of carboxylic acid groups (broad SMARTS) is 3. The van der Waals surface area contributed by atoms with Crippen LogP contribution >= 0.6 is 0 Å². The molecule has 35 heavy (non-hydrogen) atoms. The topological polar surface area (TPSA) is 118 Å². The van der Waals surface area contributed by atoms with Crippen LogP contribution in [0.5, 0.6) is 0 Å². The molecule has 3 fully saturated rings. The van der Waals surface area contributed by atoms with Gasteiger partial charge in [-0.3, -0.25) is 14.5 Å². The molecule has 3 saturated heterocycles. The average molecular weight is 481 g/mol. The molecule has 3 N–H and O–H groups in total. The van der Waals surface area contributed by atoms with Gasteiger partial charge in [-0.15, -0.1) is 0 Å². The summed E-state index contributed by atoms with van der Waals surface area (Å²) in [5.41, 5.74) is 3.03. The smallest absolute Gasteiger partial charge is 0.408 e. The molecule has 2 aromatic rings. The molecule has 0 saturated carbocycles. The van der Waals surface area contributed by atoms with Gasteiger partial charge in [-0.05, 0) is 55.0 Å². The van der Waals surface area contributed by atoms with Gasteiger partial charge in [0.1, 0.15) is 5.54 Å². The molecule has 186 valence electrons.